The molecule has 2 bridgehead atoms. The van der Waals surface area contributed by atoms with Crippen molar-refractivity contribution in [2.24, 2.45) is 0 Å². The molecule has 3 aliphatic heterocycles. The summed E-state index contributed by atoms with van der Waals surface area (Å²) in [6.45, 7) is 3.20. The summed E-state index contributed by atoms with van der Waals surface area (Å²) in [5.74, 6) is 1.21. The molecule has 6 rings (SSSR count). The molecule has 2 aromatic heterocycles. The summed E-state index contributed by atoms with van der Waals surface area (Å²) < 4.78 is 5.69. The number of benzene rings is 1. The van der Waals surface area contributed by atoms with Crippen LogP contribution in [0, 0.1) is 0 Å². The van der Waals surface area contributed by atoms with E-state index in [1.807, 2.05) is 30.3 Å². The van der Waals surface area contributed by atoms with Crippen molar-refractivity contribution in [1.29, 1.82) is 0 Å². The van der Waals surface area contributed by atoms with E-state index >= 15 is 0 Å². The highest BCUT2D eigenvalue weighted by Crippen LogP contribution is 2.42. The van der Waals surface area contributed by atoms with Gasteiger partial charge in [-0.15, -0.1) is 0 Å². The molecule has 1 aromatic carbocycles. The fraction of sp³-hybridized carbons (Fsp3) is 0.409. The average Bonchev–Trinajstić information content (AvgIpc) is 3.30. The van der Waals surface area contributed by atoms with E-state index < -0.39 is 0 Å². The van der Waals surface area contributed by atoms with Gasteiger partial charge in [-0.2, -0.15) is 4.98 Å². The minimum absolute atomic E-state index is 0.0155. The number of anilines is 1. The van der Waals surface area contributed by atoms with Gasteiger partial charge in [0.15, 0.2) is 5.82 Å². The van der Waals surface area contributed by atoms with Crippen LogP contribution in [-0.4, -0.2) is 51.4 Å². The number of pyridine rings is 1. The Morgan fingerprint density at radius 2 is 1.90 bits per heavy atom. The van der Waals surface area contributed by atoms with Crippen molar-refractivity contribution in [2.75, 3.05) is 31.6 Å². The second-order valence-electron chi connectivity index (χ2n) is 8.14. The molecule has 0 aliphatic carbocycles. The zero-order valence-corrected chi connectivity index (χ0v) is 17.3. The quantitative estimate of drug-likeness (QED) is 0.582. The minimum atomic E-state index is -0.299. The minimum Gasteiger partial charge on any atom is -0.394 e. The maximum atomic E-state index is 9.95. The third-order valence-corrected chi connectivity index (χ3v) is 6.64. The maximum absolute atomic E-state index is 9.95. The standard InChI is InChI=1S/C22H24ClN5O2/c23-19-12-17(25-18(14-29)15-4-2-1-3-5-15)16(13-24-19)20-26-21(27-30-20)22-6-9-28(10-7-22)11-8-22/h1-5,12-13,18,29H,6-11,14H2,(H,24,25)/t18-/m1/s1. The summed E-state index contributed by atoms with van der Waals surface area (Å²) in [6.07, 6.45) is 4.84. The van der Waals surface area contributed by atoms with Crippen LogP contribution in [0.1, 0.15) is 36.7 Å². The van der Waals surface area contributed by atoms with Crippen LogP contribution < -0.4 is 5.32 Å². The number of hydrogen-bond acceptors (Lipinski definition) is 7. The Labute approximate surface area is 180 Å². The molecule has 156 valence electrons. The summed E-state index contributed by atoms with van der Waals surface area (Å²) in [6, 6.07) is 11.2. The van der Waals surface area contributed by atoms with Gasteiger partial charge in [-0.05, 0) is 50.5 Å². The summed E-state index contributed by atoms with van der Waals surface area (Å²) >= 11 is 6.17. The first-order chi connectivity index (χ1) is 14.7. The Balaban J connectivity index is 1.46. The highest BCUT2D eigenvalue weighted by Gasteiger charge is 2.44. The van der Waals surface area contributed by atoms with Crippen LogP contribution >= 0.6 is 11.6 Å². The van der Waals surface area contributed by atoms with E-state index in [2.05, 4.69) is 20.4 Å². The van der Waals surface area contributed by atoms with Gasteiger partial charge in [-0.3, -0.25) is 0 Å². The van der Waals surface area contributed by atoms with Crippen LogP contribution in [0.5, 0.6) is 0 Å². The number of halogens is 1. The van der Waals surface area contributed by atoms with Crippen molar-refractivity contribution in [3.05, 3.63) is 59.1 Å². The Hall–Kier alpha value is -2.48. The maximum Gasteiger partial charge on any atom is 0.261 e. The Bertz CT molecular complexity index is 1000. The van der Waals surface area contributed by atoms with Crippen molar-refractivity contribution in [3.63, 3.8) is 0 Å². The number of piperidine rings is 3. The molecule has 3 aliphatic rings. The van der Waals surface area contributed by atoms with E-state index in [-0.39, 0.29) is 18.1 Å². The molecule has 0 spiro atoms. The number of hydrogen-bond donors (Lipinski definition) is 2. The van der Waals surface area contributed by atoms with Crippen LogP contribution in [0.15, 0.2) is 47.1 Å². The number of nitrogens with one attached hydrogen (secondary N) is 1. The number of rotatable bonds is 6. The second kappa shape index (κ2) is 7.98. The van der Waals surface area contributed by atoms with Gasteiger partial charge >= 0.3 is 0 Å². The van der Waals surface area contributed by atoms with E-state index in [0.29, 0.717) is 22.3 Å². The Morgan fingerprint density at radius 1 is 1.17 bits per heavy atom. The van der Waals surface area contributed by atoms with E-state index in [9.17, 15) is 5.11 Å². The molecule has 0 amide bonds. The molecular weight excluding hydrogens is 402 g/mol. The predicted molar refractivity (Wildman–Crippen MR) is 114 cm³/mol. The highest BCUT2D eigenvalue weighted by atomic mass is 35.5. The fourth-order valence-electron chi connectivity index (χ4n) is 4.54. The smallest absolute Gasteiger partial charge is 0.261 e. The number of aliphatic hydroxyl groups is 1. The fourth-order valence-corrected chi connectivity index (χ4v) is 4.70. The average molecular weight is 426 g/mol. The lowest BCUT2D eigenvalue weighted by atomic mass is 9.71. The van der Waals surface area contributed by atoms with Gasteiger partial charge in [-0.25, -0.2) is 4.98 Å². The largest absolute Gasteiger partial charge is 0.394 e. The molecule has 1 atom stereocenters. The number of fused-ring (bicyclic) bond motifs is 3. The van der Waals surface area contributed by atoms with Gasteiger partial charge < -0.3 is 19.8 Å². The van der Waals surface area contributed by atoms with Gasteiger partial charge in [-0.1, -0.05) is 47.1 Å². The molecule has 3 aromatic rings. The van der Waals surface area contributed by atoms with Crippen molar-refractivity contribution >= 4 is 17.3 Å². The molecule has 3 fully saturated rings. The van der Waals surface area contributed by atoms with Crippen LogP contribution in [0.2, 0.25) is 5.15 Å². The summed E-state index contributed by atoms with van der Waals surface area (Å²) in [4.78, 5) is 11.5. The molecule has 2 N–H and O–H groups in total. The lowest BCUT2D eigenvalue weighted by Crippen LogP contribution is -2.51. The molecule has 5 heterocycles. The molecule has 8 heteroatoms. The van der Waals surface area contributed by atoms with Crippen LogP contribution in [-0.2, 0) is 5.41 Å². The van der Waals surface area contributed by atoms with Crippen molar-refractivity contribution < 1.29 is 9.63 Å². The molecule has 3 saturated heterocycles. The molecule has 0 radical (unpaired) electrons. The van der Waals surface area contributed by atoms with Crippen molar-refractivity contribution in [3.8, 4) is 11.5 Å². The van der Waals surface area contributed by atoms with Gasteiger partial charge in [0.25, 0.3) is 5.89 Å². The van der Waals surface area contributed by atoms with Gasteiger partial charge in [0.1, 0.15) is 5.15 Å². The van der Waals surface area contributed by atoms with Crippen LogP contribution in [0.3, 0.4) is 0 Å². The van der Waals surface area contributed by atoms with Crippen LogP contribution in [0.25, 0.3) is 11.5 Å². The second-order valence-corrected chi connectivity index (χ2v) is 8.53. The SMILES string of the molecule is OC[C@@H](Nc1cc(Cl)ncc1-c1nc(C23CCN(CC2)CC3)no1)c1ccccc1. The van der Waals surface area contributed by atoms with E-state index in [1.54, 1.807) is 12.3 Å². The van der Waals surface area contributed by atoms with Crippen LogP contribution in [0.4, 0.5) is 5.69 Å². The molecule has 0 saturated carbocycles. The zero-order valence-electron chi connectivity index (χ0n) is 16.6. The Morgan fingerprint density at radius 3 is 2.60 bits per heavy atom. The summed E-state index contributed by atoms with van der Waals surface area (Å²) in [7, 11) is 0. The van der Waals surface area contributed by atoms with E-state index in [0.717, 1.165) is 50.3 Å². The first kappa shape index (κ1) is 19.5. The van der Waals surface area contributed by atoms with Crippen molar-refractivity contribution in [1.82, 2.24) is 20.0 Å². The summed E-state index contributed by atoms with van der Waals surface area (Å²) in [5, 5.41) is 18.0. The first-order valence-electron chi connectivity index (χ1n) is 10.3. The molecule has 30 heavy (non-hydrogen) atoms. The zero-order chi connectivity index (χ0) is 20.6. The Kier molecular flexibility index (Phi) is 5.18. The molecular formula is C22H24ClN5O2. The number of nitrogens with zero attached hydrogens (tertiary/aromatic N) is 4. The normalized spacial score (nSPS) is 24.0. The lowest BCUT2D eigenvalue weighted by molar-refractivity contribution is 0.0747. The van der Waals surface area contributed by atoms with E-state index in [1.165, 1.54) is 0 Å². The molecule has 0 unspecified atom stereocenters. The predicted octanol–water partition coefficient (Wildman–Crippen LogP) is 3.67. The first-order valence-corrected chi connectivity index (χ1v) is 10.7. The molecule has 7 nitrogen and oxygen atoms in total. The number of aromatic nitrogens is 3. The monoisotopic (exact) mass is 425 g/mol. The van der Waals surface area contributed by atoms with Crippen molar-refractivity contribution in [2.45, 2.75) is 30.7 Å². The van der Waals surface area contributed by atoms with Gasteiger partial charge in [0.05, 0.1) is 23.9 Å². The summed E-state index contributed by atoms with van der Waals surface area (Å²) in [5.41, 5.74) is 2.36. The third-order valence-electron chi connectivity index (χ3n) is 6.44. The number of aliphatic hydroxyl groups excluding tert-OH is 1. The van der Waals surface area contributed by atoms with Gasteiger partial charge in [0.2, 0.25) is 0 Å². The van der Waals surface area contributed by atoms with E-state index in [4.69, 9.17) is 21.1 Å². The lowest BCUT2D eigenvalue weighted by Gasteiger charge is -2.46. The third kappa shape index (κ3) is 3.57. The topological polar surface area (TPSA) is 87.3 Å². The highest BCUT2D eigenvalue weighted by molar-refractivity contribution is 6.29. The van der Waals surface area contributed by atoms with Gasteiger partial charge in [0, 0.05) is 11.6 Å².